The standard InChI is InChI=1S/C16H19NO3S/c1-2-12-5-3-6-14(9-12)20-8-4-7-15-17-13(11-21-15)10-16(18)19/h3,5-6,9,11H,2,4,7-8,10H2,1H3,(H,18,19). The number of nitrogens with zero attached hydrogens (tertiary/aromatic N) is 1. The second-order valence-electron chi connectivity index (χ2n) is 4.76. The van der Waals surface area contributed by atoms with Crippen molar-refractivity contribution in [1.82, 2.24) is 4.98 Å². The Kier molecular flexibility index (Phi) is 5.75. The summed E-state index contributed by atoms with van der Waals surface area (Å²) < 4.78 is 5.72. The number of carboxylic acid groups (broad SMARTS) is 1. The van der Waals surface area contributed by atoms with Crippen molar-refractivity contribution < 1.29 is 14.6 Å². The molecule has 0 unspecified atom stereocenters. The molecule has 2 rings (SSSR count). The van der Waals surface area contributed by atoms with Crippen molar-refractivity contribution in [3.63, 3.8) is 0 Å². The molecular weight excluding hydrogens is 286 g/mol. The summed E-state index contributed by atoms with van der Waals surface area (Å²) >= 11 is 1.51. The van der Waals surface area contributed by atoms with Crippen molar-refractivity contribution in [3.05, 3.63) is 45.9 Å². The van der Waals surface area contributed by atoms with E-state index in [4.69, 9.17) is 9.84 Å². The number of thiazole rings is 1. The minimum atomic E-state index is -0.842. The molecule has 0 amide bonds. The van der Waals surface area contributed by atoms with Crippen molar-refractivity contribution >= 4 is 17.3 Å². The number of aromatic nitrogens is 1. The number of rotatable bonds is 8. The summed E-state index contributed by atoms with van der Waals surface area (Å²) in [6.07, 6.45) is 2.69. The third-order valence-corrected chi connectivity index (χ3v) is 4.00. The van der Waals surface area contributed by atoms with E-state index in [1.54, 1.807) is 0 Å². The van der Waals surface area contributed by atoms with Crippen LogP contribution in [0.4, 0.5) is 0 Å². The number of carbonyl (C=O) groups is 1. The molecule has 0 bridgehead atoms. The number of hydrogen-bond donors (Lipinski definition) is 1. The lowest BCUT2D eigenvalue weighted by Gasteiger charge is -2.06. The molecular formula is C16H19NO3S. The summed E-state index contributed by atoms with van der Waals surface area (Å²) in [5, 5.41) is 11.5. The summed E-state index contributed by atoms with van der Waals surface area (Å²) in [7, 11) is 0. The Hall–Kier alpha value is -1.88. The molecule has 0 aliphatic heterocycles. The van der Waals surface area contributed by atoms with E-state index in [2.05, 4.69) is 24.0 Å². The normalized spacial score (nSPS) is 10.5. The minimum Gasteiger partial charge on any atom is -0.494 e. The van der Waals surface area contributed by atoms with Gasteiger partial charge < -0.3 is 9.84 Å². The first-order valence-corrected chi connectivity index (χ1v) is 7.92. The molecule has 1 heterocycles. The molecule has 5 heteroatoms. The van der Waals surface area contributed by atoms with E-state index >= 15 is 0 Å². The lowest BCUT2D eigenvalue weighted by Crippen LogP contribution is -2.01. The fourth-order valence-corrected chi connectivity index (χ4v) is 2.81. The van der Waals surface area contributed by atoms with Crippen LogP contribution in [0, 0.1) is 0 Å². The van der Waals surface area contributed by atoms with Crippen LogP contribution in [0.2, 0.25) is 0 Å². The fourth-order valence-electron chi connectivity index (χ4n) is 1.97. The van der Waals surface area contributed by atoms with Gasteiger partial charge in [0.25, 0.3) is 0 Å². The SMILES string of the molecule is CCc1cccc(OCCCc2nc(CC(=O)O)cs2)c1. The fraction of sp³-hybridized carbons (Fsp3) is 0.375. The average molecular weight is 305 g/mol. The molecule has 2 aromatic rings. The number of ether oxygens (including phenoxy) is 1. The Morgan fingerprint density at radius 2 is 2.29 bits per heavy atom. The van der Waals surface area contributed by atoms with Gasteiger partial charge in [-0.2, -0.15) is 0 Å². The van der Waals surface area contributed by atoms with Crippen molar-refractivity contribution in [3.8, 4) is 5.75 Å². The smallest absolute Gasteiger partial charge is 0.309 e. The van der Waals surface area contributed by atoms with Crippen LogP contribution in [-0.2, 0) is 24.1 Å². The van der Waals surface area contributed by atoms with Gasteiger partial charge in [0.05, 0.1) is 23.7 Å². The summed E-state index contributed by atoms with van der Waals surface area (Å²) in [5.41, 5.74) is 1.91. The van der Waals surface area contributed by atoms with Gasteiger partial charge >= 0.3 is 5.97 Å². The number of carboxylic acids is 1. The maximum Gasteiger partial charge on any atom is 0.309 e. The summed E-state index contributed by atoms with van der Waals surface area (Å²) in [6, 6.07) is 8.13. The Balaban J connectivity index is 1.74. The van der Waals surface area contributed by atoms with Crippen LogP contribution >= 0.6 is 11.3 Å². The molecule has 0 saturated heterocycles. The molecule has 0 aliphatic carbocycles. The quantitative estimate of drug-likeness (QED) is 0.760. The lowest BCUT2D eigenvalue weighted by molar-refractivity contribution is -0.136. The zero-order chi connectivity index (χ0) is 15.1. The molecule has 112 valence electrons. The zero-order valence-electron chi connectivity index (χ0n) is 12.0. The van der Waals surface area contributed by atoms with Crippen LogP contribution in [0.5, 0.6) is 5.75 Å². The van der Waals surface area contributed by atoms with E-state index in [-0.39, 0.29) is 6.42 Å². The molecule has 1 N–H and O–H groups in total. The first kappa shape index (κ1) is 15.5. The Morgan fingerprint density at radius 1 is 1.43 bits per heavy atom. The molecule has 0 radical (unpaired) electrons. The van der Waals surface area contributed by atoms with Gasteiger partial charge in [0.2, 0.25) is 0 Å². The van der Waals surface area contributed by atoms with Gasteiger partial charge in [-0.15, -0.1) is 11.3 Å². The third-order valence-electron chi connectivity index (χ3n) is 3.04. The van der Waals surface area contributed by atoms with E-state index in [0.29, 0.717) is 12.3 Å². The van der Waals surface area contributed by atoms with E-state index in [1.807, 2.05) is 17.5 Å². The summed E-state index contributed by atoms with van der Waals surface area (Å²) in [6.45, 7) is 2.76. The third kappa shape index (κ3) is 5.19. The van der Waals surface area contributed by atoms with Crippen LogP contribution in [0.25, 0.3) is 0 Å². The molecule has 0 spiro atoms. The molecule has 0 fully saturated rings. The van der Waals surface area contributed by atoms with Gasteiger partial charge in [-0.3, -0.25) is 4.79 Å². The largest absolute Gasteiger partial charge is 0.494 e. The predicted molar refractivity (Wildman–Crippen MR) is 83.1 cm³/mol. The number of benzene rings is 1. The highest BCUT2D eigenvalue weighted by atomic mass is 32.1. The van der Waals surface area contributed by atoms with Gasteiger partial charge in [0.1, 0.15) is 5.75 Å². The van der Waals surface area contributed by atoms with E-state index < -0.39 is 5.97 Å². The van der Waals surface area contributed by atoms with Crippen molar-refractivity contribution in [2.24, 2.45) is 0 Å². The van der Waals surface area contributed by atoms with Crippen LogP contribution < -0.4 is 4.74 Å². The van der Waals surface area contributed by atoms with Crippen molar-refractivity contribution in [1.29, 1.82) is 0 Å². The zero-order valence-corrected chi connectivity index (χ0v) is 12.9. The highest BCUT2D eigenvalue weighted by Crippen LogP contribution is 2.15. The van der Waals surface area contributed by atoms with Crippen molar-refractivity contribution in [2.75, 3.05) is 6.61 Å². The Morgan fingerprint density at radius 3 is 3.05 bits per heavy atom. The van der Waals surface area contributed by atoms with Gasteiger partial charge in [-0.05, 0) is 30.5 Å². The van der Waals surface area contributed by atoms with Crippen molar-refractivity contribution in [2.45, 2.75) is 32.6 Å². The molecule has 0 aliphatic rings. The van der Waals surface area contributed by atoms with E-state index in [1.165, 1.54) is 16.9 Å². The molecule has 1 aromatic heterocycles. The van der Waals surface area contributed by atoms with Gasteiger partial charge in [0, 0.05) is 11.8 Å². The Bertz CT molecular complexity index is 595. The van der Waals surface area contributed by atoms with Crippen LogP contribution in [0.1, 0.15) is 29.6 Å². The maximum absolute atomic E-state index is 10.6. The molecule has 0 saturated carbocycles. The monoisotopic (exact) mass is 305 g/mol. The van der Waals surface area contributed by atoms with Crippen LogP contribution in [-0.4, -0.2) is 22.7 Å². The Labute approximate surface area is 128 Å². The van der Waals surface area contributed by atoms with E-state index in [9.17, 15) is 4.79 Å². The first-order chi connectivity index (χ1) is 10.2. The molecule has 0 atom stereocenters. The number of hydrogen-bond acceptors (Lipinski definition) is 4. The molecule has 21 heavy (non-hydrogen) atoms. The molecule has 1 aromatic carbocycles. The second-order valence-corrected chi connectivity index (χ2v) is 5.70. The number of aryl methyl sites for hydroxylation is 2. The maximum atomic E-state index is 10.6. The molecule has 4 nitrogen and oxygen atoms in total. The van der Waals surface area contributed by atoms with Gasteiger partial charge in [-0.25, -0.2) is 4.98 Å². The predicted octanol–water partition coefficient (Wildman–Crippen LogP) is 3.34. The summed E-state index contributed by atoms with van der Waals surface area (Å²) in [4.78, 5) is 14.9. The topological polar surface area (TPSA) is 59.4 Å². The minimum absolute atomic E-state index is 0.00316. The second kappa shape index (κ2) is 7.78. The highest BCUT2D eigenvalue weighted by molar-refractivity contribution is 7.09. The van der Waals surface area contributed by atoms with Gasteiger partial charge in [-0.1, -0.05) is 19.1 Å². The van der Waals surface area contributed by atoms with Crippen LogP contribution in [0.15, 0.2) is 29.6 Å². The van der Waals surface area contributed by atoms with Gasteiger partial charge in [0.15, 0.2) is 0 Å². The highest BCUT2D eigenvalue weighted by Gasteiger charge is 2.06. The summed E-state index contributed by atoms with van der Waals surface area (Å²) in [5.74, 6) is 0.0612. The average Bonchev–Trinajstić information content (AvgIpc) is 2.90. The van der Waals surface area contributed by atoms with Crippen LogP contribution in [0.3, 0.4) is 0 Å². The first-order valence-electron chi connectivity index (χ1n) is 7.04. The van der Waals surface area contributed by atoms with E-state index in [0.717, 1.165) is 30.0 Å². The number of aliphatic carboxylic acids is 1. The lowest BCUT2D eigenvalue weighted by atomic mass is 10.2.